The first kappa shape index (κ1) is 14.6. The molecular weight excluding hydrogens is 285 g/mol. The van der Waals surface area contributed by atoms with E-state index >= 15 is 0 Å². The minimum Gasteiger partial charge on any atom is -0.396 e. The van der Waals surface area contributed by atoms with Gasteiger partial charge in [0, 0.05) is 23.2 Å². The third kappa shape index (κ3) is 3.85. The third-order valence-corrected chi connectivity index (χ3v) is 4.37. The summed E-state index contributed by atoms with van der Waals surface area (Å²) in [5.41, 5.74) is 0.782. The number of benzene rings is 1. The number of aliphatic hydroxyl groups excluding tert-OH is 1. The largest absolute Gasteiger partial charge is 0.396 e. The lowest BCUT2D eigenvalue weighted by Gasteiger charge is -2.15. The SMILES string of the molecule is O=C(Cc1c(Cl)cccc1Cl)NCC1(CCO)CC1. The van der Waals surface area contributed by atoms with Gasteiger partial charge in [-0.25, -0.2) is 0 Å². The van der Waals surface area contributed by atoms with Crippen LogP contribution < -0.4 is 5.32 Å². The van der Waals surface area contributed by atoms with Crippen molar-refractivity contribution >= 4 is 29.1 Å². The predicted octanol–water partition coefficient (Wildman–Crippen LogP) is 2.81. The van der Waals surface area contributed by atoms with Crippen molar-refractivity contribution in [1.29, 1.82) is 0 Å². The molecule has 0 unspecified atom stereocenters. The second-order valence-corrected chi connectivity index (χ2v) is 5.94. The van der Waals surface area contributed by atoms with Crippen LogP contribution in [0.1, 0.15) is 24.8 Å². The topological polar surface area (TPSA) is 49.3 Å². The Balaban J connectivity index is 1.88. The predicted molar refractivity (Wildman–Crippen MR) is 76.5 cm³/mol. The number of carbonyl (C=O) groups is 1. The average molecular weight is 302 g/mol. The Morgan fingerprint density at radius 1 is 1.32 bits per heavy atom. The summed E-state index contributed by atoms with van der Waals surface area (Å²) in [6.45, 7) is 0.792. The van der Waals surface area contributed by atoms with Gasteiger partial charge in [-0.15, -0.1) is 0 Å². The zero-order valence-electron chi connectivity index (χ0n) is 10.6. The minimum absolute atomic E-state index is 0.0841. The first-order chi connectivity index (χ1) is 9.06. The van der Waals surface area contributed by atoms with Crippen molar-refractivity contribution in [2.24, 2.45) is 5.41 Å². The van der Waals surface area contributed by atoms with Crippen LogP contribution in [0.25, 0.3) is 0 Å². The molecule has 19 heavy (non-hydrogen) atoms. The van der Waals surface area contributed by atoms with Gasteiger partial charge in [0.15, 0.2) is 0 Å². The highest BCUT2D eigenvalue weighted by molar-refractivity contribution is 6.36. The number of hydrogen-bond donors (Lipinski definition) is 2. The molecule has 104 valence electrons. The van der Waals surface area contributed by atoms with Crippen molar-refractivity contribution in [3.8, 4) is 0 Å². The first-order valence-corrected chi connectivity index (χ1v) is 7.12. The highest BCUT2D eigenvalue weighted by Crippen LogP contribution is 2.47. The summed E-state index contributed by atoms with van der Waals surface area (Å²) < 4.78 is 0. The van der Waals surface area contributed by atoms with Gasteiger partial charge in [-0.2, -0.15) is 0 Å². The number of nitrogens with one attached hydrogen (secondary N) is 1. The molecule has 0 spiro atoms. The molecule has 1 fully saturated rings. The zero-order chi connectivity index (χ0) is 13.9. The molecule has 2 N–H and O–H groups in total. The molecule has 1 aromatic rings. The van der Waals surface area contributed by atoms with Crippen LogP contribution >= 0.6 is 23.2 Å². The van der Waals surface area contributed by atoms with Gasteiger partial charge in [-0.3, -0.25) is 4.79 Å². The fourth-order valence-corrected chi connectivity index (χ4v) is 2.67. The lowest BCUT2D eigenvalue weighted by molar-refractivity contribution is -0.120. The Bertz CT molecular complexity index is 452. The molecule has 2 rings (SSSR count). The van der Waals surface area contributed by atoms with Gasteiger partial charge < -0.3 is 10.4 Å². The van der Waals surface area contributed by atoms with Crippen molar-refractivity contribution < 1.29 is 9.90 Å². The van der Waals surface area contributed by atoms with Crippen molar-refractivity contribution in [2.75, 3.05) is 13.2 Å². The van der Waals surface area contributed by atoms with Crippen LogP contribution in [0.4, 0.5) is 0 Å². The van der Waals surface area contributed by atoms with E-state index < -0.39 is 0 Å². The van der Waals surface area contributed by atoms with Crippen molar-refractivity contribution in [3.63, 3.8) is 0 Å². The van der Waals surface area contributed by atoms with Gasteiger partial charge in [-0.05, 0) is 42.4 Å². The second kappa shape index (κ2) is 6.12. The van der Waals surface area contributed by atoms with E-state index in [1.807, 2.05) is 0 Å². The molecule has 0 aliphatic heterocycles. The standard InChI is InChI=1S/C14H17Cl2NO2/c15-11-2-1-3-12(16)10(11)8-13(19)17-9-14(4-5-14)6-7-18/h1-3,18H,4-9H2,(H,17,19). The van der Waals surface area contributed by atoms with E-state index in [1.54, 1.807) is 18.2 Å². The number of aliphatic hydroxyl groups is 1. The van der Waals surface area contributed by atoms with E-state index in [0.717, 1.165) is 19.3 Å². The van der Waals surface area contributed by atoms with Crippen molar-refractivity contribution in [1.82, 2.24) is 5.32 Å². The molecule has 1 aliphatic carbocycles. The van der Waals surface area contributed by atoms with Crippen LogP contribution in [0, 0.1) is 5.41 Å². The molecule has 1 aliphatic rings. The molecule has 0 aromatic heterocycles. The fraction of sp³-hybridized carbons (Fsp3) is 0.500. The number of amides is 1. The van der Waals surface area contributed by atoms with Crippen molar-refractivity contribution in [3.05, 3.63) is 33.8 Å². The summed E-state index contributed by atoms with van der Waals surface area (Å²) in [6.07, 6.45) is 3.08. The van der Waals surface area contributed by atoms with Gasteiger partial charge in [0.25, 0.3) is 0 Å². The quantitative estimate of drug-likeness (QED) is 0.849. The Morgan fingerprint density at radius 3 is 2.47 bits per heavy atom. The molecule has 5 heteroatoms. The third-order valence-electron chi connectivity index (χ3n) is 3.66. The van der Waals surface area contributed by atoms with Crippen LogP contribution in [-0.4, -0.2) is 24.2 Å². The van der Waals surface area contributed by atoms with Crippen LogP contribution in [0.5, 0.6) is 0 Å². The fourth-order valence-electron chi connectivity index (χ4n) is 2.14. The average Bonchev–Trinajstić information content (AvgIpc) is 3.13. The van der Waals surface area contributed by atoms with Gasteiger partial charge in [0.05, 0.1) is 6.42 Å². The summed E-state index contributed by atoms with van der Waals surface area (Å²) in [7, 11) is 0. The molecule has 1 saturated carbocycles. The van der Waals surface area contributed by atoms with E-state index in [9.17, 15) is 4.79 Å². The van der Waals surface area contributed by atoms with Gasteiger partial charge in [0.1, 0.15) is 0 Å². The molecule has 0 radical (unpaired) electrons. The first-order valence-electron chi connectivity index (χ1n) is 6.37. The van der Waals surface area contributed by atoms with Crippen LogP contribution in [-0.2, 0) is 11.2 Å². The lowest BCUT2D eigenvalue weighted by atomic mass is 10.0. The summed E-state index contributed by atoms with van der Waals surface area (Å²) >= 11 is 12.1. The number of carbonyl (C=O) groups excluding carboxylic acids is 1. The zero-order valence-corrected chi connectivity index (χ0v) is 12.1. The van der Waals surface area contributed by atoms with E-state index in [2.05, 4.69) is 5.32 Å². The number of halogens is 2. The molecule has 0 atom stereocenters. The normalized spacial score (nSPS) is 16.2. The molecular formula is C14H17Cl2NO2. The Morgan fingerprint density at radius 2 is 1.95 bits per heavy atom. The minimum atomic E-state index is -0.0841. The highest BCUT2D eigenvalue weighted by atomic mass is 35.5. The van der Waals surface area contributed by atoms with E-state index in [0.29, 0.717) is 22.2 Å². The smallest absolute Gasteiger partial charge is 0.224 e. The second-order valence-electron chi connectivity index (χ2n) is 5.13. The van der Waals surface area contributed by atoms with Gasteiger partial charge >= 0.3 is 0 Å². The summed E-state index contributed by atoms with van der Waals surface area (Å²) in [5, 5.41) is 12.9. The molecule has 0 bridgehead atoms. The van der Waals surface area contributed by atoms with E-state index in [4.69, 9.17) is 28.3 Å². The van der Waals surface area contributed by atoms with Gasteiger partial charge in [-0.1, -0.05) is 29.3 Å². The maximum absolute atomic E-state index is 11.9. The summed E-state index contributed by atoms with van der Waals surface area (Å²) in [4.78, 5) is 11.9. The maximum Gasteiger partial charge on any atom is 0.224 e. The maximum atomic E-state index is 11.9. The monoisotopic (exact) mass is 301 g/mol. The summed E-state index contributed by atoms with van der Waals surface area (Å²) in [5.74, 6) is -0.0841. The molecule has 3 nitrogen and oxygen atoms in total. The number of rotatable bonds is 6. The van der Waals surface area contributed by atoms with E-state index in [1.165, 1.54) is 0 Å². The van der Waals surface area contributed by atoms with Crippen LogP contribution in [0.3, 0.4) is 0 Å². The summed E-state index contributed by atoms with van der Waals surface area (Å²) in [6, 6.07) is 5.21. The van der Waals surface area contributed by atoms with Crippen LogP contribution in [0.2, 0.25) is 10.0 Å². The molecule has 0 saturated heterocycles. The van der Waals surface area contributed by atoms with Gasteiger partial charge in [0.2, 0.25) is 5.91 Å². The Kier molecular flexibility index (Phi) is 4.71. The molecule has 1 amide bonds. The highest BCUT2D eigenvalue weighted by Gasteiger charge is 2.41. The Hall–Kier alpha value is -0.770. The molecule has 1 aromatic carbocycles. The van der Waals surface area contributed by atoms with Crippen LogP contribution in [0.15, 0.2) is 18.2 Å². The Labute approximate surface area is 122 Å². The number of hydrogen-bond acceptors (Lipinski definition) is 2. The van der Waals surface area contributed by atoms with E-state index in [-0.39, 0.29) is 24.3 Å². The molecule has 0 heterocycles. The lowest BCUT2D eigenvalue weighted by Crippen LogP contribution is -2.32. The van der Waals surface area contributed by atoms with Crippen molar-refractivity contribution in [2.45, 2.75) is 25.7 Å².